The van der Waals surface area contributed by atoms with Gasteiger partial charge in [-0.3, -0.25) is 4.79 Å². The van der Waals surface area contributed by atoms with Crippen molar-refractivity contribution in [2.75, 3.05) is 0 Å². The van der Waals surface area contributed by atoms with Crippen molar-refractivity contribution in [1.82, 2.24) is 0 Å². The van der Waals surface area contributed by atoms with E-state index in [9.17, 15) is 4.79 Å². The van der Waals surface area contributed by atoms with E-state index < -0.39 is 16.6 Å². The Morgan fingerprint density at radius 2 is 1.45 bits per heavy atom. The summed E-state index contributed by atoms with van der Waals surface area (Å²) in [5.41, 5.74) is -0.0770. The van der Waals surface area contributed by atoms with Crippen molar-refractivity contribution >= 4 is 22.6 Å². The average molecular weight is 569 g/mol. The second kappa shape index (κ2) is 11.6. The van der Waals surface area contributed by atoms with Gasteiger partial charge in [0.1, 0.15) is 6.10 Å². The molecule has 224 valence electrons. The molecule has 2 rings (SSSR count). The van der Waals surface area contributed by atoms with E-state index in [4.69, 9.17) is 13.6 Å². The van der Waals surface area contributed by atoms with Gasteiger partial charge in [0, 0.05) is 12.8 Å². The van der Waals surface area contributed by atoms with Crippen LogP contribution in [-0.2, 0) is 18.4 Å². The number of rotatable bonds is 10. The van der Waals surface area contributed by atoms with Crippen molar-refractivity contribution in [3.8, 4) is 0 Å². The van der Waals surface area contributed by atoms with Gasteiger partial charge in [-0.25, -0.2) is 0 Å². The first-order valence-electron chi connectivity index (χ1n) is 15.5. The molecule has 0 aromatic heterocycles. The molecule has 2 saturated carbocycles. The number of ether oxygens (including phenoxy) is 1. The molecule has 6 heteroatoms. The molecule has 0 saturated heterocycles. The van der Waals surface area contributed by atoms with Crippen LogP contribution in [0.5, 0.6) is 0 Å². The van der Waals surface area contributed by atoms with Crippen LogP contribution in [0.15, 0.2) is 0 Å². The highest BCUT2D eigenvalue weighted by Gasteiger charge is 2.54. The molecule has 0 aromatic carbocycles. The Morgan fingerprint density at radius 3 is 1.95 bits per heavy atom. The standard InChI is InChI=1S/C32H64O4Si2/c1-23(25-19-20-26-27(34-24(2)33)17-16-22-32(25,26)11)18-21-28(35-37(12,13)29(3,4)5)31(9,10)36-38(14,15)30(6,7)8/h23,25-28H,16-22H2,1-15H3/t23-,25+,26-,27-,28+,32+/m0/s1. The Hall–Kier alpha value is -0.176. The second-order valence-corrected chi connectivity index (χ2v) is 26.2. The fraction of sp³-hybridized carbons (Fsp3) is 0.969. The molecule has 0 bridgehead atoms. The van der Waals surface area contributed by atoms with Crippen molar-refractivity contribution in [2.45, 2.75) is 175 Å². The van der Waals surface area contributed by atoms with E-state index >= 15 is 0 Å². The van der Waals surface area contributed by atoms with Gasteiger partial charge in [-0.15, -0.1) is 0 Å². The van der Waals surface area contributed by atoms with Gasteiger partial charge in [0.25, 0.3) is 0 Å². The van der Waals surface area contributed by atoms with E-state index in [1.54, 1.807) is 6.92 Å². The lowest BCUT2D eigenvalue weighted by molar-refractivity contribution is -0.155. The Bertz CT molecular complexity index is 807. The first-order chi connectivity index (χ1) is 16.9. The molecule has 0 aromatic rings. The van der Waals surface area contributed by atoms with Crippen molar-refractivity contribution in [3.63, 3.8) is 0 Å². The van der Waals surface area contributed by atoms with Crippen molar-refractivity contribution in [1.29, 1.82) is 0 Å². The first-order valence-corrected chi connectivity index (χ1v) is 21.3. The molecule has 2 fully saturated rings. The zero-order chi connectivity index (χ0) is 29.5. The zero-order valence-electron chi connectivity index (χ0n) is 28.0. The van der Waals surface area contributed by atoms with E-state index in [-0.39, 0.29) is 39.3 Å². The maximum atomic E-state index is 11.8. The van der Waals surface area contributed by atoms with E-state index in [0.29, 0.717) is 17.8 Å². The molecule has 2 aliphatic rings. The van der Waals surface area contributed by atoms with E-state index in [1.165, 1.54) is 25.7 Å². The summed E-state index contributed by atoms with van der Waals surface area (Å²) in [7, 11) is -3.95. The summed E-state index contributed by atoms with van der Waals surface area (Å²) in [6.07, 6.45) is 8.25. The fourth-order valence-corrected chi connectivity index (χ4v) is 10.2. The van der Waals surface area contributed by atoms with Gasteiger partial charge in [0.05, 0.1) is 11.7 Å². The molecule has 0 unspecified atom stereocenters. The van der Waals surface area contributed by atoms with Gasteiger partial charge in [0.2, 0.25) is 0 Å². The van der Waals surface area contributed by atoms with E-state index in [0.717, 1.165) is 19.3 Å². The largest absolute Gasteiger partial charge is 0.462 e. The number of hydrogen-bond acceptors (Lipinski definition) is 4. The van der Waals surface area contributed by atoms with E-state index in [1.807, 2.05) is 0 Å². The summed E-state index contributed by atoms with van der Waals surface area (Å²) in [6.45, 7) is 34.6. The van der Waals surface area contributed by atoms with Crippen LogP contribution in [0.1, 0.15) is 121 Å². The highest BCUT2D eigenvalue weighted by molar-refractivity contribution is 6.74. The Morgan fingerprint density at radius 1 is 0.895 bits per heavy atom. The number of carbonyl (C=O) groups is 1. The fourth-order valence-electron chi connectivity index (χ4n) is 7.02. The molecule has 0 heterocycles. The number of esters is 1. The molecule has 0 amide bonds. The molecule has 0 radical (unpaired) electrons. The molecule has 0 N–H and O–H groups in total. The molecule has 38 heavy (non-hydrogen) atoms. The van der Waals surface area contributed by atoms with Crippen molar-refractivity contribution in [3.05, 3.63) is 0 Å². The van der Waals surface area contributed by atoms with Gasteiger partial charge >= 0.3 is 5.97 Å². The quantitative estimate of drug-likeness (QED) is 0.194. The normalized spacial score (nSPS) is 29.1. The molecule has 0 aliphatic heterocycles. The second-order valence-electron chi connectivity index (χ2n) is 16.7. The summed E-state index contributed by atoms with van der Waals surface area (Å²) in [6, 6.07) is 0. The lowest BCUT2D eigenvalue weighted by Crippen LogP contribution is -2.56. The maximum absolute atomic E-state index is 11.8. The van der Waals surface area contributed by atoms with Crippen LogP contribution in [0.25, 0.3) is 0 Å². The van der Waals surface area contributed by atoms with Gasteiger partial charge in [-0.05, 0) is 112 Å². The smallest absolute Gasteiger partial charge is 0.302 e. The summed E-state index contributed by atoms with van der Waals surface area (Å²) in [5, 5.41) is 0.315. The number of carbonyl (C=O) groups excluding carboxylic acids is 1. The monoisotopic (exact) mass is 568 g/mol. The molecule has 4 nitrogen and oxygen atoms in total. The molecule has 0 spiro atoms. The molecular formula is C32H64O4Si2. The summed E-state index contributed by atoms with van der Waals surface area (Å²) in [4.78, 5) is 11.8. The number of fused-ring (bicyclic) bond motifs is 1. The van der Waals surface area contributed by atoms with Crippen LogP contribution in [0.4, 0.5) is 0 Å². The Balaban J connectivity index is 2.25. The van der Waals surface area contributed by atoms with Crippen molar-refractivity contribution in [2.24, 2.45) is 23.2 Å². The third-order valence-electron chi connectivity index (χ3n) is 11.4. The van der Waals surface area contributed by atoms with Crippen molar-refractivity contribution < 1.29 is 18.4 Å². The van der Waals surface area contributed by atoms with Crippen LogP contribution in [0, 0.1) is 23.2 Å². The van der Waals surface area contributed by atoms with Crippen LogP contribution >= 0.6 is 0 Å². The third-order valence-corrected chi connectivity index (χ3v) is 20.5. The lowest BCUT2D eigenvalue weighted by atomic mass is 9.61. The van der Waals surface area contributed by atoms with E-state index in [2.05, 4.69) is 95.4 Å². The minimum absolute atomic E-state index is 0.0742. The molecule has 6 atom stereocenters. The maximum Gasteiger partial charge on any atom is 0.302 e. The van der Waals surface area contributed by atoms with Crippen LogP contribution in [0.2, 0.25) is 36.3 Å². The first kappa shape index (κ1) is 34.0. The SMILES string of the molecule is CC(=O)O[C@H]1CCC[C@]2(C)[C@@H]([C@@H](C)CC[C@@H](O[Si](C)(C)C(C)(C)C)C(C)(C)O[Si](C)(C)C(C)(C)C)CC[C@@H]12. The van der Waals surface area contributed by atoms with Gasteiger partial charge in [0.15, 0.2) is 16.6 Å². The minimum Gasteiger partial charge on any atom is -0.462 e. The lowest BCUT2D eigenvalue weighted by Gasteiger charge is -2.49. The third kappa shape index (κ3) is 7.56. The van der Waals surface area contributed by atoms with Gasteiger partial charge in [-0.2, -0.15) is 0 Å². The summed E-state index contributed by atoms with van der Waals surface area (Å²) in [5.74, 6) is 1.66. The van der Waals surface area contributed by atoms with Gasteiger partial charge in [-0.1, -0.05) is 55.4 Å². The summed E-state index contributed by atoms with van der Waals surface area (Å²) >= 11 is 0. The van der Waals surface area contributed by atoms with Crippen LogP contribution < -0.4 is 0 Å². The van der Waals surface area contributed by atoms with Crippen LogP contribution in [0.3, 0.4) is 0 Å². The zero-order valence-corrected chi connectivity index (χ0v) is 30.0. The predicted octanol–water partition coefficient (Wildman–Crippen LogP) is 9.74. The average Bonchev–Trinajstić information content (AvgIpc) is 3.06. The van der Waals surface area contributed by atoms with Crippen LogP contribution in [-0.4, -0.2) is 40.4 Å². The Labute approximate surface area is 239 Å². The minimum atomic E-state index is -1.98. The highest BCUT2D eigenvalue weighted by atomic mass is 28.4. The number of hydrogen-bond donors (Lipinski definition) is 0. The highest BCUT2D eigenvalue weighted by Crippen LogP contribution is 2.59. The molecular weight excluding hydrogens is 505 g/mol. The Kier molecular flexibility index (Phi) is 10.4. The summed E-state index contributed by atoms with van der Waals surface area (Å²) < 4.78 is 20.2. The van der Waals surface area contributed by atoms with Gasteiger partial charge < -0.3 is 13.6 Å². The predicted molar refractivity (Wildman–Crippen MR) is 167 cm³/mol. The topological polar surface area (TPSA) is 44.8 Å². The molecule has 2 aliphatic carbocycles.